The number of imidazole rings is 1. The fourth-order valence-corrected chi connectivity index (χ4v) is 4.74. The van der Waals surface area contributed by atoms with E-state index in [1.54, 1.807) is 18.3 Å². The Balaban J connectivity index is 1.61. The summed E-state index contributed by atoms with van der Waals surface area (Å²) >= 11 is 1.73. The van der Waals surface area contributed by atoms with Gasteiger partial charge in [0.05, 0.1) is 11.4 Å². The van der Waals surface area contributed by atoms with Gasteiger partial charge in [-0.3, -0.25) is 9.20 Å². The number of carbonyl (C=O) groups excluding carboxylic acids is 1. The van der Waals surface area contributed by atoms with Crippen LogP contribution in [0.5, 0.6) is 0 Å². The lowest BCUT2D eigenvalue weighted by Crippen LogP contribution is -2.29. The predicted octanol–water partition coefficient (Wildman–Crippen LogP) is 3.25. The van der Waals surface area contributed by atoms with Crippen LogP contribution in [0.3, 0.4) is 0 Å². The zero-order valence-corrected chi connectivity index (χ0v) is 15.1. The Labute approximate surface area is 144 Å². The van der Waals surface area contributed by atoms with Crippen LogP contribution in [0, 0.1) is 27.7 Å². The van der Waals surface area contributed by atoms with Gasteiger partial charge in [-0.05, 0) is 34.1 Å². The average molecular weight is 344 g/mol. The number of aromatic nitrogens is 3. The molecule has 1 saturated heterocycles. The maximum Gasteiger partial charge on any atom is 0.259 e. The molecule has 0 bridgehead atoms. The van der Waals surface area contributed by atoms with Gasteiger partial charge < -0.3 is 9.42 Å². The summed E-state index contributed by atoms with van der Waals surface area (Å²) in [6, 6.07) is 0. The molecule has 1 fully saturated rings. The van der Waals surface area contributed by atoms with E-state index in [0.717, 1.165) is 24.5 Å². The van der Waals surface area contributed by atoms with E-state index in [1.807, 2.05) is 18.7 Å². The highest BCUT2D eigenvalue weighted by Gasteiger charge is 2.33. The third-order valence-electron chi connectivity index (χ3n) is 4.83. The topological polar surface area (TPSA) is 63.6 Å². The lowest BCUT2D eigenvalue weighted by molar-refractivity contribution is 0.0788. The van der Waals surface area contributed by atoms with Crippen molar-refractivity contribution >= 4 is 22.1 Å². The minimum absolute atomic E-state index is 0.0169. The number of rotatable bonds is 2. The molecule has 1 unspecified atom stereocenters. The minimum Gasteiger partial charge on any atom is -0.361 e. The van der Waals surface area contributed by atoms with Crippen LogP contribution in [-0.2, 0) is 0 Å². The van der Waals surface area contributed by atoms with Crippen molar-refractivity contribution in [2.75, 3.05) is 13.1 Å². The molecule has 0 aliphatic carbocycles. The second-order valence-electron chi connectivity index (χ2n) is 6.50. The van der Waals surface area contributed by atoms with Crippen molar-refractivity contribution in [1.29, 1.82) is 0 Å². The first kappa shape index (κ1) is 15.4. The number of nitrogens with zero attached hydrogens (tertiary/aromatic N) is 4. The van der Waals surface area contributed by atoms with Crippen LogP contribution in [0.1, 0.15) is 51.4 Å². The van der Waals surface area contributed by atoms with Crippen LogP contribution in [0.2, 0.25) is 0 Å². The van der Waals surface area contributed by atoms with Crippen LogP contribution in [-0.4, -0.2) is 38.4 Å². The van der Waals surface area contributed by atoms with Crippen molar-refractivity contribution < 1.29 is 9.32 Å². The molecule has 126 valence electrons. The van der Waals surface area contributed by atoms with Gasteiger partial charge in [-0.1, -0.05) is 5.16 Å². The maximum absolute atomic E-state index is 12.8. The Morgan fingerprint density at radius 2 is 2.12 bits per heavy atom. The second kappa shape index (κ2) is 5.44. The molecule has 0 radical (unpaired) electrons. The summed E-state index contributed by atoms with van der Waals surface area (Å²) in [6.07, 6.45) is 0.943. The number of carbonyl (C=O) groups is 1. The molecule has 3 aromatic rings. The molecule has 7 heteroatoms. The summed E-state index contributed by atoms with van der Waals surface area (Å²) in [5, 5.41) is 6.06. The van der Waals surface area contributed by atoms with Gasteiger partial charge in [0.1, 0.15) is 22.0 Å². The zero-order valence-electron chi connectivity index (χ0n) is 14.3. The first-order chi connectivity index (χ1) is 11.5. The lowest BCUT2D eigenvalue weighted by Gasteiger charge is -2.15. The molecule has 6 nitrogen and oxygen atoms in total. The van der Waals surface area contributed by atoms with E-state index < -0.39 is 0 Å². The summed E-state index contributed by atoms with van der Waals surface area (Å²) in [5.41, 5.74) is 3.61. The highest BCUT2D eigenvalue weighted by atomic mass is 32.1. The van der Waals surface area contributed by atoms with Gasteiger partial charge in [0, 0.05) is 30.1 Å². The highest BCUT2D eigenvalue weighted by molar-refractivity contribution is 7.15. The van der Waals surface area contributed by atoms with E-state index in [2.05, 4.69) is 21.9 Å². The van der Waals surface area contributed by atoms with Gasteiger partial charge in [0.15, 0.2) is 0 Å². The molecule has 4 heterocycles. The van der Waals surface area contributed by atoms with Crippen LogP contribution in [0.25, 0.3) is 4.83 Å². The van der Waals surface area contributed by atoms with Gasteiger partial charge in [0.2, 0.25) is 0 Å². The molecule has 4 rings (SSSR count). The fraction of sp³-hybridized carbons (Fsp3) is 0.471. The molecule has 3 aromatic heterocycles. The Morgan fingerprint density at radius 3 is 2.83 bits per heavy atom. The quantitative estimate of drug-likeness (QED) is 0.716. The molecule has 0 aromatic carbocycles. The maximum atomic E-state index is 12.8. The van der Waals surface area contributed by atoms with Crippen molar-refractivity contribution in [1.82, 2.24) is 19.4 Å². The van der Waals surface area contributed by atoms with E-state index in [-0.39, 0.29) is 11.8 Å². The van der Waals surface area contributed by atoms with Crippen LogP contribution >= 0.6 is 11.3 Å². The number of aryl methyl sites for hydroxylation is 4. The number of likely N-dealkylation sites (tertiary alicyclic amines) is 1. The second-order valence-corrected chi connectivity index (χ2v) is 7.36. The van der Waals surface area contributed by atoms with Crippen molar-refractivity contribution in [3.05, 3.63) is 39.6 Å². The van der Waals surface area contributed by atoms with Gasteiger partial charge in [-0.25, -0.2) is 4.98 Å². The summed E-state index contributed by atoms with van der Waals surface area (Å²) in [7, 11) is 0. The molecule has 1 aliphatic rings. The first-order valence-corrected chi connectivity index (χ1v) is 9.00. The van der Waals surface area contributed by atoms with E-state index >= 15 is 0 Å². The Kier molecular flexibility index (Phi) is 3.49. The molecular formula is C17H20N4O2S. The predicted molar refractivity (Wildman–Crippen MR) is 91.8 cm³/mol. The number of thiazole rings is 1. The number of hydrogen-bond acceptors (Lipinski definition) is 5. The molecule has 0 N–H and O–H groups in total. The zero-order chi connectivity index (χ0) is 17.0. The molecule has 0 saturated carbocycles. The Hall–Kier alpha value is -2.15. The normalized spacial score (nSPS) is 18.0. The summed E-state index contributed by atoms with van der Waals surface area (Å²) in [5.74, 6) is 1.92. The SMILES string of the molecule is Cc1noc(C)c1C(=O)N1CCC(c2nc(C)n3c(C)csc23)C1. The fourth-order valence-electron chi connectivity index (χ4n) is 3.64. The molecule has 24 heavy (non-hydrogen) atoms. The molecule has 1 amide bonds. The smallest absolute Gasteiger partial charge is 0.259 e. The minimum atomic E-state index is 0.0169. The molecule has 1 atom stereocenters. The van der Waals surface area contributed by atoms with Crippen molar-refractivity contribution in [2.45, 2.75) is 40.0 Å². The van der Waals surface area contributed by atoms with E-state index in [9.17, 15) is 4.79 Å². The number of hydrogen-bond donors (Lipinski definition) is 0. The molecule has 1 aliphatic heterocycles. The molecule has 0 spiro atoms. The van der Waals surface area contributed by atoms with Crippen LogP contribution in [0.4, 0.5) is 0 Å². The number of fused-ring (bicyclic) bond motifs is 1. The summed E-state index contributed by atoms with van der Waals surface area (Å²) in [6.45, 7) is 9.19. The third-order valence-corrected chi connectivity index (χ3v) is 5.91. The monoisotopic (exact) mass is 344 g/mol. The van der Waals surface area contributed by atoms with E-state index in [1.165, 1.54) is 10.5 Å². The van der Waals surface area contributed by atoms with Gasteiger partial charge in [0.25, 0.3) is 5.91 Å². The standard InChI is InChI=1S/C17H20N4O2S/c1-9-8-24-17-15(18-12(4)21(9)17)13-5-6-20(7-13)16(22)14-10(2)19-23-11(14)3/h8,13H,5-7H2,1-4H3. The summed E-state index contributed by atoms with van der Waals surface area (Å²) in [4.78, 5) is 20.7. The van der Waals surface area contributed by atoms with E-state index in [4.69, 9.17) is 9.51 Å². The first-order valence-electron chi connectivity index (χ1n) is 8.12. The largest absolute Gasteiger partial charge is 0.361 e. The van der Waals surface area contributed by atoms with Crippen LogP contribution < -0.4 is 0 Å². The van der Waals surface area contributed by atoms with Gasteiger partial charge in [-0.2, -0.15) is 0 Å². The molecular weight excluding hydrogens is 324 g/mol. The Morgan fingerprint density at radius 1 is 1.33 bits per heavy atom. The Bertz CT molecular complexity index is 917. The van der Waals surface area contributed by atoms with E-state index in [0.29, 0.717) is 23.6 Å². The van der Waals surface area contributed by atoms with Crippen LogP contribution in [0.15, 0.2) is 9.90 Å². The van der Waals surface area contributed by atoms with Gasteiger partial charge in [-0.15, -0.1) is 11.3 Å². The number of amides is 1. The van der Waals surface area contributed by atoms with Crippen molar-refractivity contribution in [3.8, 4) is 0 Å². The summed E-state index contributed by atoms with van der Waals surface area (Å²) < 4.78 is 7.35. The highest BCUT2D eigenvalue weighted by Crippen LogP contribution is 2.34. The lowest BCUT2D eigenvalue weighted by atomic mass is 10.1. The van der Waals surface area contributed by atoms with Crippen molar-refractivity contribution in [3.63, 3.8) is 0 Å². The average Bonchev–Trinajstić information content (AvgIpc) is 3.28. The van der Waals surface area contributed by atoms with Crippen molar-refractivity contribution in [2.24, 2.45) is 0 Å². The van der Waals surface area contributed by atoms with Gasteiger partial charge >= 0.3 is 0 Å². The third kappa shape index (κ3) is 2.18.